The third-order valence-electron chi connectivity index (χ3n) is 2.53. The Kier molecular flexibility index (Phi) is 9.71. The van der Waals surface area contributed by atoms with E-state index in [1.54, 1.807) is 0 Å². The van der Waals surface area contributed by atoms with E-state index in [-0.39, 0.29) is 6.61 Å². The molecule has 0 rings (SSSR count). The van der Waals surface area contributed by atoms with Crippen LogP contribution >= 0.6 is 0 Å². The molecule has 0 aliphatic heterocycles. The first kappa shape index (κ1) is 25.4. The maximum Gasteiger partial charge on any atom is 0.472 e. The van der Waals surface area contributed by atoms with Crippen LogP contribution in [-0.4, -0.2) is 58.2 Å². The quantitative estimate of drug-likeness (QED) is 0.371. The summed E-state index contributed by atoms with van der Waals surface area (Å²) in [6.45, 7) is 25.7. The number of hydrogen-bond acceptors (Lipinski definition) is 5. The molecule has 1 atom stereocenters. The van der Waals surface area contributed by atoms with Crippen LogP contribution in [0.25, 0.3) is 0 Å². The van der Waals surface area contributed by atoms with Crippen LogP contribution in [0.1, 0.15) is 6.92 Å². The molecule has 9 heteroatoms. The van der Waals surface area contributed by atoms with Crippen molar-refractivity contribution in [2.45, 2.75) is 78.0 Å². The summed E-state index contributed by atoms with van der Waals surface area (Å²) in [5.41, 5.74) is 0.936. The lowest BCUT2D eigenvalue weighted by Crippen LogP contribution is -2.61. The Bertz CT molecular complexity index is 383. The molecule has 0 aromatic heterocycles. The van der Waals surface area contributed by atoms with Crippen molar-refractivity contribution >= 4 is 33.8 Å². The van der Waals surface area contributed by atoms with Crippen LogP contribution in [0.5, 0.6) is 0 Å². The molecule has 0 aromatic carbocycles. The molecule has 1 N–H and O–H groups in total. The molecule has 0 aliphatic carbocycles. The predicted octanol–water partition coefficient (Wildman–Crippen LogP) is 4.43. The van der Waals surface area contributed by atoms with Gasteiger partial charge in [0.2, 0.25) is 0 Å². The van der Waals surface area contributed by atoms with E-state index in [0.29, 0.717) is 12.7 Å². The van der Waals surface area contributed by atoms with E-state index >= 15 is 0 Å². The van der Waals surface area contributed by atoms with Gasteiger partial charge in [0.1, 0.15) is 0 Å². The normalized spacial score (nSPS) is 15.3. The monoisotopic (exact) mass is 424 g/mol. The van der Waals surface area contributed by atoms with Crippen LogP contribution in [0.15, 0.2) is 12.2 Å². The molecule has 1 unspecified atom stereocenters. The van der Waals surface area contributed by atoms with Crippen LogP contribution in [0, 0.1) is 0 Å². The molecule has 0 aromatic rings. The highest BCUT2D eigenvalue weighted by atomic mass is 28.5. The van der Waals surface area contributed by atoms with Gasteiger partial charge in [-0.3, -0.25) is 0 Å². The zero-order chi connectivity index (χ0) is 20.1. The van der Waals surface area contributed by atoms with Crippen molar-refractivity contribution in [1.82, 2.24) is 0 Å². The molecular formula is C16H40O5Si4. The maximum absolute atomic E-state index is 10.6. The minimum Gasteiger partial charge on any atom is -0.417 e. The molecule has 150 valence electrons. The maximum atomic E-state index is 10.6. The lowest BCUT2D eigenvalue weighted by Gasteiger charge is -2.43. The molecule has 0 saturated carbocycles. The first-order valence-corrected chi connectivity index (χ1v) is 21.1. The molecule has 0 aliphatic rings. The van der Waals surface area contributed by atoms with E-state index < -0.39 is 39.9 Å². The molecule has 0 amide bonds. The average molecular weight is 425 g/mol. The Balaban J connectivity index is 5.45. The van der Waals surface area contributed by atoms with E-state index in [2.05, 4.69) is 65.5 Å². The van der Waals surface area contributed by atoms with Crippen LogP contribution in [-0.2, 0) is 17.1 Å². The van der Waals surface area contributed by atoms with Gasteiger partial charge in [-0.1, -0.05) is 12.2 Å². The number of hydrogen-bond donors (Lipinski definition) is 1. The third kappa shape index (κ3) is 14.2. The number of rotatable bonds is 12. The SMILES string of the molecule is C=C(C)COCC(O)C[Si](O[Si](C)(C)C)(O[Si](C)(C)C)O[Si](C)(C)C. The van der Waals surface area contributed by atoms with E-state index in [1.807, 2.05) is 6.92 Å². The van der Waals surface area contributed by atoms with Crippen molar-refractivity contribution < 1.29 is 22.2 Å². The Hall–Kier alpha value is 0.408. The summed E-state index contributed by atoms with van der Waals surface area (Å²) in [6, 6.07) is 0.377. The van der Waals surface area contributed by atoms with Crippen LogP contribution in [0.3, 0.4) is 0 Å². The van der Waals surface area contributed by atoms with Gasteiger partial charge in [0.25, 0.3) is 0 Å². The number of ether oxygens (including phenoxy) is 1. The highest BCUT2D eigenvalue weighted by molar-refractivity contribution is 6.90. The molecule has 25 heavy (non-hydrogen) atoms. The lowest BCUT2D eigenvalue weighted by molar-refractivity contribution is 0.0489. The Morgan fingerprint density at radius 3 is 1.48 bits per heavy atom. The summed E-state index contributed by atoms with van der Waals surface area (Å²) in [7, 11) is -8.76. The smallest absolute Gasteiger partial charge is 0.417 e. The highest BCUT2D eigenvalue weighted by Crippen LogP contribution is 2.30. The Morgan fingerprint density at radius 1 is 0.840 bits per heavy atom. The van der Waals surface area contributed by atoms with Gasteiger partial charge < -0.3 is 22.2 Å². The zero-order valence-corrected chi connectivity index (χ0v) is 22.0. The summed E-state index contributed by atoms with van der Waals surface area (Å²) in [4.78, 5) is 0. The zero-order valence-electron chi connectivity index (χ0n) is 18.0. The van der Waals surface area contributed by atoms with Gasteiger partial charge in [-0.05, 0) is 65.8 Å². The van der Waals surface area contributed by atoms with Gasteiger partial charge in [0.15, 0.2) is 25.0 Å². The second kappa shape index (κ2) is 9.56. The largest absolute Gasteiger partial charge is 0.472 e. The highest BCUT2D eigenvalue weighted by Gasteiger charge is 2.51. The summed E-state index contributed by atoms with van der Waals surface area (Å²) in [5.74, 6) is 0. The summed E-state index contributed by atoms with van der Waals surface area (Å²) in [6.07, 6.45) is -0.671. The fraction of sp³-hybridized carbons (Fsp3) is 0.875. The topological polar surface area (TPSA) is 57.2 Å². The number of aliphatic hydroxyl groups excluding tert-OH is 1. The van der Waals surface area contributed by atoms with E-state index in [0.717, 1.165) is 5.57 Å². The standard InChI is InChI=1S/C16H40O5Si4/c1-15(2)12-18-13-16(17)14-25(19-22(3,4)5,20-23(6,7)8)21-24(9,10)11/h16-17H,1,12-14H2,2-11H3. The molecule has 0 spiro atoms. The van der Waals surface area contributed by atoms with Gasteiger partial charge in [0, 0.05) is 6.04 Å². The fourth-order valence-electron chi connectivity index (χ4n) is 2.30. The van der Waals surface area contributed by atoms with Crippen LogP contribution < -0.4 is 0 Å². The molecule has 0 bridgehead atoms. The third-order valence-corrected chi connectivity index (χ3v) is 14.6. The minimum atomic E-state index is -3.01. The van der Waals surface area contributed by atoms with Gasteiger partial charge >= 0.3 is 8.80 Å². The van der Waals surface area contributed by atoms with Gasteiger partial charge in [-0.15, -0.1) is 0 Å². The van der Waals surface area contributed by atoms with Crippen molar-refractivity contribution in [3.05, 3.63) is 12.2 Å². The van der Waals surface area contributed by atoms with E-state index in [9.17, 15) is 5.11 Å². The van der Waals surface area contributed by atoms with Crippen LogP contribution in [0.2, 0.25) is 65.0 Å². The minimum absolute atomic E-state index is 0.237. The lowest BCUT2D eigenvalue weighted by atomic mass is 10.4. The molecular weight excluding hydrogens is 385 g/mol. The Morgan fingerprint density at radius 2 is 1.20 bits per heavy atom. The molecule has 5 nitrogen and oxygen atoms in total. The van der Waals surface area contributed by atoms with E-state index in [1.165, 1.54) is 0 Å². The van der Waals surface area contributed by atoms with Gasteiger partial charge in [-0.2, -0.15) is 0 Å². The molecule has 0 heterocycles. The van der Waals surface area contributed by atoms with Crippen molar-refractivity contribution in [2.75, 3.05) is 13.2 Å². The summed E-state index contributed by atoms with van der Waals surface area (Å²) >= 11 is 0. The first-order chi connectivity index (χ1) is 10.9. The average Bonchev–Trinajstić information content (AvgIpc) is 2.18. The Labute approximate surface area is 159 Å². The molecule has 0 saturated heterocycles. The number of aliphatic hydroxyl groups is 1. The summed E-state index contributed by atoms with van der Waals surface area (Å²) in [5, 5.41) is 10.6. The van der Waals surface area contributed by atoms with Crippen molar-refractivity contribution in [3.63, 3.8) is 0 Å². The molecule has 0 radical (unpaired) electrons. The van der Waals surface area contributed by atoms with Crippen molar-refractivity contribution in [1.29, 1.82) is 0 Å². The van der Waals surface area contributed by atoms with E-state index in [4.69, 9.17) is 17.1 Å². The van der Waals surface area contributed by atoms with Crippen LogP contribution in [0.4, 0.5) is 0 Å². The van der Waals surface area contributed by atoms with Crippen molar-refractivity contribution in [2.24, 2.45) is 0 Å². The molecule has 0 fully saturated rings. The predicted molar refractivity (Wildman–Crippen MR) is 115 cm³/mol. The summed E-state index contributed by atoms with van der Waals surface area (Å²) < 4.78 is 25.2. The first-order valence-electron chi connectivity index (χ1n) is 8.94. The van der Waals surface area contributed by atoms with Crippen molar-refractivity contribution in [3.8, 4) is 0 Å². The van der Waals surface area contributed by atoms with Gasteiger partial charge in [-0.25, -0.2) is 0 Å². The van der Waals surface area contributed by atoms with Gasteiger partial charge in [0.05, 0.1) is 19.3 Å². The second-order valence-electron chi connectivity index (χ2n) is 9.66. The fourth-order valence-corrected chi connectivity index (χ4v) is 16.8. The second-order valence-corrected chi connectivity index (χ2v) is 26.6.